The molecule has 0 aromatic heterocycles. The molecule has 0 bridgehead atoms. The number of hydrazine groups is 1. The van der Waals surface area contributed by atoms with Gasteiger partial charge in [0.1, 0.15) is 12.0 Å². The summed E-state index contributed by atoms with van der Waals surface area (Å²) in [6, 6.07) is 0. The molecule has 0 amide bonds. The fraction of sp³-hybridized carbons (Fsp3) is 0.750. The lowest BCUT2D eigenvalue weighted by Gasteiger charge is -2.30. The summed E-state index contributed by atoms with van der Waals surface area (Å²) in [5, 5.41) is 1.73. The summed E-state index contributed by atoms with van der Waals surface area (Å²) >= 11 is 5.85. The highest BCUT2D eigenvalue weighted by Gasteiger charge is 2.24. The first-order valence-corrected chi connectivity index (χ1v) is 4.78. The van der Waals surface area contributed by atoms with Crippen LogP contribution in [0.3, 0.4) is 0 Å². The third-order valence-electron chi connectivity index (χ3n) is 1.91. The van der Waals surface area contributed by atoms with Crippen molar-refractivity contribution in [1.82, 2.24) is 5.01 Å². The van der Waals surface area contributed by atoms with Gasteiger partial charge in [-0.3, -0.25) is 5.01 Å². The molecule has 0 saturated carbocycles. The molecule has 1 rings (SSSR count). The van der Waals surface area contributed by atoms with Crippen molar-refractivity contribution in [3.63, 3.8) is 0 Å². The van der Waals surface area contributed by atoms with Crippen LogP contribution in [0.2, 0.25) is 0 Å². The molecule has 0 spiro atoms. The van der Waals surface area contributed by atoms with E-state index in [2.05, 4.69) is 23.8 Å². The first kappa shape index (κ1) is 10.5. The zero-order chi connectivity index (χ0) is 10.0. The van der Waals surface area contributed by atoms with E-state index >= 15 is 0 Å². The van der Waals surface area contributed by atoms with Gasteiger partial charge in [-0.25, -0.2) is 15.8 Å². The SMILES string of the molecule is CCC1=NC(C(C)C)N(N)C(Cl)=N1. The molecule has 0 aliphatic carbocycles. The summed E-state index contributed by atoms with van der Waals surface area (Å²) in [5.41, 5.74) is 0. The summed E-state index contributed by atoms with van der Waals surface area (Å²) in [4.78, 5) is 8.42. The van der Waals surface area contributed by atoms with Crippen molar-refractivity contribution in [2.45, 2.75) is 33.4 Å². The van der Waals surface area contributed by atoms with Gasteiger partial charge in [-0.1, -0.05) is 20.8 Å². The Morgan fingerprint density at radius 3 is 2.69 bits per heavy atom. The Balaban J connectivity index is 2.88. The quantitative estimate of drug-likeness (QED) is 0.546. The van der Waals surface area contributed by atoms with Gasteiger partial charge in [0.2, 0.25) is 5.29 Å². The van der Waals surface area contributed by atoms with Gasteiger partial charge in [0.15, 0.2) is 0 Å². The van der Waals surface area contributed by atoms with Crippen LogP contribution < -0.4 is 5.84 Å². The summed E-state index contributed by atoms with van der Waals surface area (Å²) in [6.07, 6.45) is 0.702. The van der Waals surface area contributed by atoms with Crippen LogP contribution in [0.1, 0.15) is 27.2 Å². The number of nitrogens with zero attached hydrogens (tertiary/aromatic N) is 3. The van der Waals surface area contributed by atoms with Gasteiger partial charge >= 0.3 is 0 Å². The monoisotopic (exact) mass is 202 g/mol. The molecule has 0 aromatic carbocycles. The molecule has 5 heteroatoms. The molecule has 1 heterocycles. The highest BCUT2D eigenvalue weighted by Crippen LogP contribution is 2.16. The third-order valence-corrected chi connectivity index (χ3v) is 2.19. The van der Waals surface area contributed by atoms with Gasteiger partial charge in [0.25, 0.3) is 0 Å². The van der Waals surface area contributed by atoms with Gasteiger partial charge in [-0.2, -0.15) is 0 Å². The van der Waals surface area contributed by atoms with Crippen molar-refractivity contribution in [2.75, 3.05) is 0 Å². The molecule has 1 aliphatic heterocycles. The standard InChI is InChI=1S/C8H15ClN4/c1-4-6-11-7(5(2)3)13(10)8(9)12-6/h5,7H,4,10H2,1-3H3. The van der Waals surface area contributed by atoms with Crippen LogP contribution in [0.5, 0.6) is 0 Å². The number of aliphatic imine (C=N–C) groups is 2. The van der Waals surface area contributed by atoms with E-state index in [1.807, 2.05) is 6.92 Å². The van der Waals surface area contributed by atoms with Crippen LogP contribution in [0.25, 0.3) is 0 Å². The highest BCUT2D eigenvalue weighted by molar-refractivity contribution is 6.65. The van der Waals surface area contributed by atoms with E-state index in [0.29, 0.717) is 11.2 Å². The molecule has 0 radical (unpaired) electrons. The molecule has 74 valence electrons. The molecule has 4 nitrogen and oxygen atoms in total. The Morgan fingerprint density at radius 2 is 2.23 bits per heavy atom. The second-order valence-electron chi connectivity index (χ2n) is 3.34. The van der Waals surface area contributed by atoms with E-state index in [1.54, 1.807) is 0 Å². The van der Waals surface area contributed by atoms with E-state index in [4.69, 9.17) is 17.4 Å². The van der Waals surface area contributed by atoms with Crippen molar-refractivity contribution in [3.05, 3.63) is 0 Å². The van der Waals surface area contributed by atoms with Crippen molar-refractivity contribution < 1.29 is 0 Å². The van der Waals surface area contributed by atoms with Crippen LogP contribution in [0.15, 0.2) is 9.98 Å². The van der Waals surface area contributed by atoms with Crippen molar-refractivity contribution >= 4 is 22.7 Å². The second-order valence-corrected chi connectivity index (χ2v) is 3.68. The summed E-state index contributed by atoms with van der Waals surface area (Å²) in [6.45, 7) is 6.10. The normalized spacial score (nSPS) is 23.2. The number of hydrogen-bond donors (Lipinski definition) is 1. The first-order valence-electron chi connectivity index (χ1n) is 4.41. The maximum absolute atomic E-state index is 5.85. The smallest absolute Gasteiger partial charge is 0.216 e. The Labute approximate surface area is 83.5 Å². The second kappa shape index (κ2) is 4.07. The lowest BCUT2D eigenvalue weighted by Crippen LogP contribution is -2.47. The van der Waals surface area contributed by atoms with E-state index in [9.17, 15) is 0 Å². The fourth-order valence-electron chi connectivity index (χ4n) is 1.16. The Kier molecular flexibility index (Phi) is 3.27. The summed E-state index contributed by atoms with van der Waals surface area (Å²) in [7, 11) is 0. The molecule has 2 N–H and O–H groups in total. The van der Waals surface area contributed by atoms with E-state index in [-0.39, 0.29) is 6.17 Å². The number of halogens is 1. The highest BCUT2D eigenvalue weighted by atomic mass is 35.5. The molecular formula is C8H15ClN4. The van der Waals surface area contributed by atoms with Gasteiger partial charge in [-0.15, -0.1) is 0 Å². The largest absolute Gasteiger partial charge is 0.260 e. The molecular weight excluding hydrogens is 188 g/mol. The van der Waals surface area contributed by atoms with Crippen molar-refractivity contribution in [3.8, 4) is 0 Å². The van der Waals surface area contributed by atoms with Crippen LogP contribution in [0.4, 0.5) is 0 Å². The Bertz CT molecular complexity index is 247. The molecule has 1 unspecified atom stereocenters. The van der Waals surface area contributed by atoms with Gasteiger partial charge < -0.3 is 0 Å². The predicted molar refractivity (Wildman–Crippen MR) is 55.7 cm³/mol. The Morgan fingerprint density at radius 1 is 1.62 bits per heavy atom. The lowest BCUT2D eigenvalue weighted by molar-refractivity contribution is 0.262. The van der Waals surface area contributed by atoms with Crippen LogP contribution >= 0.6 is 11.6 Å². The molecule has 13 heavy (non-hydrogen) atoms. The molecule has 1 atom stereocenters. The average molecular weight is 203 g/mol. The average Bonchev–Trinajstić information content (AvgIpc) is 2.09. The van der Waals surface area contributed by atoms with E-state index in [0.717, 1.165) is 12.3 Å². The first-order chi connectivity index (χ1) is 6.06. The summed E-state index contributed by atoms with van der Waals surface area (Å²) < 4.78 is 0. The molecule has 0 saturated heterocycles. The summed E-state index contributed by atoms with van der Waals surface area (Å²) in [5.74, 6) is 6.80. The molecule has 0 fully saturated rings. The maximum Gasteiger partial charge on any atom is 0.216 e. The minimum atomic E-state index is -0.0834. The van der Waals surface area contributed by atoms with Crippen molar-refractivity contribution in [2.24, 2.45) is 21.7 Å². The Hall–Kier alpha value is -0.610. The van der Waals surface area contributed by atoms with Crippen molar-refractivity contribution in [1.29, 1.82) is 0 Å². The van der Waals surface area contributed by atoms with Crippen LogP contribution in [0, 0.1) is 5.92 Å². The topological polar surface area (TPSA) is 54.0 Å². The fourth-order valence-corrected chi connectivity index (χ4v) is 1.36. The lowest BCUT2D eigenvalue weighted by atomic mass is 10.1. The van der Waals surface area contributed by atoms with Gasteiger partial charge in [-0.05, 0) is 17.5 Å². The molecule has 0 aromatic rings. The zero-order valence-corrected chi connectivity index (χ0v) is 8.91. The van der Waals surface area contributed by atoms with Gasteiger partial charge in [0, 0.05) is 6.42 Å². The molecule has 1 aliphatic rings. The minimum absolute atomic E-state index is 0.0834. The number of amidine groups is 2. The van der Waals surface area contributed by atoms with Crippen LogP contribution in [-0.2, 0) is 0 Å². The third kappa shape index (κ3) is 2.19. The maximum atomic E-state index is 5.85. The van der Waals surface area contributed by atoms with E-state index < -0.39 is 0 Å². The van der Waals surface area contributed by atoms with Gasteiger partial charge in [0.05, 0.1) is 0 Å². The number of hydrogen-bond acceptors (Lipinski definition) is 4. The number of nitrogens with two attached hydrogens (primary N) is 1. The predicted octanol–water partition coefficient (Wildman–Crippen LogP) is 1.56. The van der Waals surface area contributed by atoms with E-state index in [1.165, 1.54) is 5.01 Å². The minimum Gasteiger partial charge on any atom is -0.260 e. The van der Waals surface area contributed by atoms with Crippen LogP contribution in [-0.4, -0.2) is 22.3 Å². The number of rotatable bonds is 2. The zero-order valence-electron chi connectivity index (χ0n) is 8.16.